The van der Waals surface area contributed by atoms with Gasteiger partial charge in [-0.05, 0) is 50.3 Å². The fraction of sp³-hybridized carbons (Fsp3) is 0.450. The van der Waals surface area contributed by atoms with Crippen molar-refractivity contribution in [3.63, 3.8) is 0 Å². The van der Waals surface area contributed by atoms with E-state index in [9.17, 15) is 4.79 Å². The highest BCUT2D eigenvalue weighted by atomic mass is 16.1. The van der Waals surface area contributed by atoms with Gasteiger partial charge in [-0.25, -0.2) is 0 Å². The number of rotatable bonds is 4. The molecule has 1 fully saturated rings. The molecule has 0 spiro atoms. The summed E-state index contributed by atoms with van der Waals surface area (Å²) in [4.78, 5) is 12.9. The number of nitrogens with two attached hydrogens (primary N) is 1. The summed E-state index contributed by atoms with van der Waals surface area (Å²) in [6.45, 7) is 1.87. The van der Waals surface area contributed by atoms with Gasteiger partial charge in [0, 0.05) is 5.92 Å². The number of carbonyl (C=O) groups excluding carboxylic acids is 1. The monoisotopic (exact) mass is 310 g/mol. The van der Waals surface area contributed by atoms with E-state index in [-0.39, 0.29) is 17.7 Å². The Labute approximate surface area is 138 Å². The molecule has 1 unspecified atom stereocenters. The van der Waals surface area contributed by atoms with Crippen LogP contribution in [-0.4, -0.2) is 19.0 Å². The lowest BCUT2D eigenvalue weighted by molar-refractivity contribution is -0.127. The van der Waals surface area contributed by atoms with Gasteiger partial charge in [-0.3, -0.25) is 4.79 Å². The molecule has 3 heteroatoms. The Morgan fingerprint density at radius 2 is 1.83 bits per heavy atom. The highest BCUT2D eigenvalue weighted by molar-refractivity contribution is 5.88. The Morgan fingerprint density at radius 3 is 2.39 bits per heavy atom. The van der Waals surface area contributed by atoms with E-state index in [1.165, 1.54) is 0 Å². The minimum absolute atomic E-state index is 0.0230. The SMILES string of the molecule is NC(=O)C(c1ccccc1)(C1C=CCCC=C1)[C@H]1CCCNC1. The maximum absolute atomic E-state index is 12.9. The van der Waals surface area contributed by atoms with Gasteiger partial charge in [0.15, 0.2) is 0 Å². The second-order valence-corrected chi connectivity index (χ2v) is 6.60. The van der Waals surface area contributed by atoms with E-state index in [4.69, 9.17) is 5.73 Å². The number of amides is 1. The van der Waals surface area contributed by atoms with Crippen molar-refractivity contribution in [2.24, 2.45) is 17.6 Å². The molecule has 3 nitrogen and oxygen atoms in total. The van der Waals surface area contributed by atoms with Gasteiger partial charge in [-0.1, -0.05) is 54.6 Å². The molecule has 1 amide bonds. The van der Waals surface area contributed by atoms with Gasteiger partial charge in [0.2, 0.25) is 5.91 Å². The zero-order chi connectivity index (χ0) is 16.1. The van der Waals surface area contributed by atoms with Crippen LogP contribution >= 0.6 is 0 Å². The van der Waals surface area contributed by atoms with Crippen LogP contribution in [0.4, 0.5) is 0 Å². The van der Waals surface area contributed by atoms with Crippen molar-refractivity contribution in [1.82, 2.24) is 5.32 Å². The first-order valence-electron chi connectivity index (χ1n) is 8.65. The van der Waals surface area contributed by atoms with Crippen molar-refractivity contribution in [2.75, 3.05) is 13.1 Å². The van der Waals surface area contributed by atoms with Crippen LogP contribution in [0.3, 0.4) is 0 Å². The molecule has 1 heterocycles. The lowest BCUT2D eigenvalue weighted by atomic mass is 9.60. The van der Waals surface area contributed by atoms with Crippen LogP contribution in [0.2, 0.25) is 0 Å². The van der Waals surface area contributed by atoms with E-state index >= 15 is 0 Å². The first-order valence-corrected chi connectivity index (χ1v) is 8.65. The fourth-order valence-corrected chi connectivity index (χ4v) is 4.21. The summed E-state index contributed by atoms with van der Waals surface area (Å²) in [5.41, 5.74) is 6.45. The molecule has 3 rings (SSSR count). The number of carbonyl (C=O) groups is 1. The molecule has 1 aliphatic heterocycles. The Bertz CT molecular complexity index is 573. The summed E-state index contributed by atoms with van der Waals surface area (Å²) in [5.74, 6) is 0.0296. The van der Waals surface area contributed by atoms with Crippen LogP contribution in [0.15, 0.2) is 54.6 Å². The Hall–Kier alpha value is -1.87. The maximum atomic E-state index is 12.9. The van der Waals surface area contributed by atoms with Gasteiger partial charge in [0.05, 0.1) is 5.41 Å². The van der Waals surface area contributed by atoms with Crippen LogP contribution in [-0.2, 0) is 10.2 Å². The van der Waals surface area contributed by atoms with Crippen LogP contribution in [0, 0.1) is 11.8 Å². The van der Waals surface area contributed by atoms with E-state index in [0.29, 0.717) is 0 Å². The largest absolute Gasteiger partial charge is 0.369 e. The van der Waals surface area contributed by atoms with E-state index in [0.717, 1.165) is 44.3 Å². The summed E-state index contributed by atoms with van der Waals surface area (Å²) in [5, 5.41) is 3.46. The predicted molar refractivity (Wildman–Crippen MR) is 93.9 cm³/mol. The van der Waals surface area contributed by atoms with Gasteiger partial charge in [0.25, 0.3) is 0 Å². The molecule has 23 heavy (non-hydrogen) atoms. The summed E-state index contributed by atoms with van der Waals surface area (Å²) in [7, 11) is 0. The van der Waals surface area contributed by atoms with Gasteiger partial charge in [0.1, 0.15) is 0 Å². The lowest BCUT2D eigenvalue weighted by Gasteiger charge is -2.44. The van der Waals surface area contributed by atoms with Gasteiger partial charge < -0.3 is 11.1 Å². The molecule has 3 N–H and O–H groups in total. The van der Waals surface area contributed by atoms with Crippen LogP contribution < -0.4 is 11.1 Å². The minimum atomic E-state index is -0.675. The number of benzene rings is 1. The molecule has 0 radical (unpaired) electrons. The van der Waals surface area contributed by atoms with Gasteiger partial charge >= 0.3 is 0 Å². The standard InChI is InChI=1S/C20H26N2O/c21-19(23)20(17-11-6-3-7-12-17,18-13-8-14-22-15-18)16-9-4-1-2-5-10-16/h3-7,9-12,16,18,22H,1-2,8,13-15H2,(H2,21,23)/t18-,20?/m0/s1. The molecule has 0 saturated carbocycles. The van der Waals surface area contributed by atoms with Crippen molar-refractivity contribution in [3.05, 3.63) is 60.2 Å². The summed E-state index contributed by atoms with van der Waals surface area (Å²) in [6, 6.07) is 10.1. The Balaban J connectivity index is 2.15. The maximum Gasteiger partial charge on any atom is 0.229 e. The second-order valence-electron chi connectivity index (χ2n) is 6.60. The minimum Gasteiger partial charge on any atom is -0.369 e. The fourth-order valence-electron chi connectivity index (χ4n) is 4.21. The van der Waals surface area contributed by atoms with Crippen molar-refractivity contribution < 1.29 is 4.79 Å². The quantitative estimate of drug-likeness (QED) is 0.840. The number of hydrogen-bond acceptors (Lipinski definition) is 2. The first-order chi connectivity index (χ1) is 11.3. The van der Waals surface area contributed by atoms with E-state index in [1.54, 1.807) is 0 Å². The number of primary amides is 1. The molecule has 1 aromatic carbocycles. The molecule has 0 bridgehead atoms. The smallest absolute Gasteiger partial charge is 0.229 e. The second kappa shape index (κ2) is 7.14. The van der Waals surface area contributed by atoms with Gasteiger partial charge in [-0.2, -0.15) is 0 Å². The average molecular weight is 310 g/mol. The molecule has 1 aliphatic carbocycles. The highest BCUT2D eigenvalue weighted by Crippen LogP contribution is 2.44. The summed E-state index contributed by atoms with van der Waals surface area (Å²) < 4.78 is 0. The summed E-state index contributed by atoms with van der Waals surface area (Å²) in [6.07, 6.45) is 12.9. The summed E-state index contributed by atoms with van der Waals surface area (Å²) >= 11 is 0. The molecule has 1 saturated heterocycles. The zero-order valence-electron chi connectivity index (χ0n) is 13.6. The number of nitrogens with one attached hydrogen (secondary N) is 1. The third-order valence-corrected chi connectivity index (χ3v) is 5.31. The Morgan fingerprint density at radius 1 is 1.13 bits per heavy atom. The van der Waals surface area contributed by atoms with Crippen LogP contribution in [0.5, 0.6) is 0 Å². The molecule has 1 aromatic rings. The first kappa shape index (κ1) is 16.0. The van der Waals surface area contributed by atoms with Crippen molar-refractivity contribution in [1.29, 1.82) is 0 Å². The predicted octanol–water partition coefficient (Wildman–Crippen LogP) is 2.93. The van der Waals surface area contributed by atoms with Crippen LogP contribution in [0.1, 0.15) is 31.2 Å². The highest BCUT2D eigenvalue weighted by Gasteiger charge is 2.50. The van der Waals surface area contributed by atoms with Crippen molar-refractivity contribution >= 4 is 5.91 Å². The molecule has 2 aliphatic rings. The van der Waals surface area contributed by atoms with Crippen LogP contribution in [0.25, 0.3) is 0 Å². The molecule has 0 aromatic heterocycles. The lowest BCUT2D eigenvalue weighted by Crippen LogP contribution is -2.55. The Kier molecular flexibility index (Phi) is 4.97. The molecule has 2 atom stereocenters. The number of piperidine rings is 1. The normalized spacial score (nSPS) is 24.8. The molecular weight excluding hydrogens is 284 g/mol. The van der Waals surface area contributed by atoms with E-state index in [1.807, 2.05) is 18.2 Å². The molecule has 122 valence electrons. The number of hydrogen-bond donors (Lipinski definition) is 2. The van der Waals surface area contributed by atoms with E-state index in [2.05, 4.69) is 41.8 Å². The molecular formula is C20H26N2O. The van der Waals surface area contributed by atoms with E-state index < -0.39 is 5.41 Å². The number of allylic oxidation sites excluding steroid dienone is 4. The zero-order valence-corrected chi connectivity index (χ0v) is 13.6. The third kappa shape index (κ3) is 2.98. The van der Waals surface area contributed by atoms with Crippen molar-refractivity contribution in [3.8, 4) is 0 Å². The van der Waals surface area contributed by atoms with Crippen molar-refractivity contribution in [2.45, 2.75) is 31.1 Å². The topological polar surface area (TPSA) is 55.1 Å². The van der Waals surface area contributed by atoms with Gasteiger partial charge in [-0.15, -0.1) is 0 Å². The third-order valence-electron chi connectivity index (χ3n) is 5.31. The average Bonchev–Trinajstić information content (AvgIpc) is 2.87.